The molecule has 400 valence electrons. The molecule has 0 radical (unpaired) electrons. The number of halogens is 2. The minimum absolute atomic E-state index is 0.108. The number of carboxylic acid groups (broad SMARTS) is 1. The van der Waals surface area contributed by atoms with E-state index in [1.54, 1.807) is 52.0 Å². The largest absolute Gasteiger partial charge is 0.476 e. The number of imide groups is 1. The molecule has 5 aromatic carbocycles. The van der Waals surface area contributed by atoms with Crippen LogP contribution in [0.2, 0.25) is 0 Å². The van der Waals surface area contributed by atoms with Crippen LogP contribution in [0.5, 0.6) is 11.5 Å². The number of ether oxygens (including phenoxy) is 1. The Balaban J connectivity index is 0.752. The number of anilines is 3. The molecule has 3 aliphatic rings. The normalized spacial score (nSPS) is 16.4. The van der Waals surface area contributed by atoms with Gasteiger partial charge in [0.25, 0.3) is 11.8 Å². The number of aryl methyl sites for hydroxylation is 1. The first-order valence-corrected chi connectivity index (χ1v) is 27.0. The van der Waals surface area contributed by atoms with E-state index in [0.717, 1.165) is 43.5 Å². The molecule has 1 unspecified atom stereocenters. The van der Waals surface area contributed by atoms with Crippen molar-refractivity contribution in [1.82, 2.24) is 30.0 Å². The van der Waals surface area contributed by atoms with E-state index >= 15 is 8.78 Å². The molecular formula is C60H59F2N9O6S. The van der Waals surface area contributed by atoms with E-state index in [9.17, 15) is 24.3 Å². The molecule has 0 spiro atoms. The number of carboxylic acids is 1. The minimum atomic E-state index is -3.00. The van der Waals surface area contributed by atoms with Crippen LogP contribution in [0.1, 0.15) is 93.9 Å². The fourth-order valence-corrected chi connectivity index (χ4v) is 12.0. The predicted molar refractivity (Wildman–Crippen MR) is 298 cm³/mol. The van der Waals surface area contributed by atoms with Crippen molar-refractivity contribution in [3.8, 4) is 22.6 Å². The van der Waals surface area contributed by atoms with E-state index in [-0.39, 0.29) is 36.4 Å². The first-order valence-electron chi connectivity index (χ1n) is 26.2. The summed E-state index contributed by atoms with van der Waals surface area (Å²) in [6, 6.07) is 33.5. The monoisotopic (exact) mass is 1070 g/mol. The molecule has 78 heavy (non-hydrogen) atoms. The number of rotatable bonds is 13. The highest BCUT2D eigenvalue weighted by Crippen LogP contribution is 2.43. The lowest BCUT2D eigenvalue weighted by molar-refractivity contribution is -0.134. The third-order valence-electron chi connectivity index (χ3n) is 15.2. The number of alkyl halides is 2. The molecular weight excluding hydrogens is 1010 g/mol. The van der Waals surface area contributed by atoms with E-state index in [1.165, 1.54) is 11.3 Å². The van der Waals surface area contributed by atoms with Crippen LogP contribution < -0.4 is 25.2 Å². The van der Waals surface area contributed by atoms with Gasteiger partial charge in [0, 0.05) is 81.4 Å². The number of para-hydroxylation sites is 1. The van der Waals surface area contributed by atoms with Crippen molar-refractivity contribution in [2.75, 3.05) is 54.4 Å². The zero-order chi connectivity index (χ0) is 54.6. The molecule has 18 heteroatoms. The van der Waals surface area contributed by atoms with E-state index in [1.807, 2.05) is 106 Å². The van der Waals surface area contributed by atoms with Crippen LogP contribution in [0.4, 0.5) is 25.4 Å². The number of hydrogen-bond donors (Lipinski definition) is 3. The molecule has 6 heterocycles. The Morgan fingerprint density at radius 2 is 1.64 bits per heavy atom. The molecule has 0 bridgehead atoms. The number of amides is 3. The number of hydrogen-bond acceptors (Lipinski definition) is 12. The maximum atomic E-state index is 15.8. The summed E-state index contributed by atoms with van der Waals surface area (Å²) in [7, 11) is 1.83. The second-order valence-electron chi connectivity index (χ2n) is 21.5. The van der Waals surface area contributed by atoms with Gasteiger partial charge in [0.2, 0.25) is 11.8 Å². The molecule has 15 nitrogen and oxygen atoms in total. The van der Waals surface area contributed by atoms with Crippen LogP contribution in [-0.2, 0) is 41.4 Å². The fourth-order valence-electron chi connectivity index (χ4n) is 11.1. The molecule has 3 aliphatic heterocycles. The number of carbonyl (C=O) groups is 4. The van der Waals surface area contributed by atoms with Crippen LogP contribution in [-0.4, -0.2) is 98.6 Å². The van der Waals surface area contributed by atoms with Gasteiger partial charge in [-0.15, -0.1) is 0 Å². The number of pyridine rings is 1. The molecule has 3 aromatic heterocycles. The van der Waals surface area contributed by atoms with E-state index in [2.05, 4.69) is 25.6 Å². The van der Waals surface area contributed by atoms with Crippen LogP contribution in [0.3, 0.4) is 0 Å². The molecule has 2 saturated heterocycles. The number of aromatic nitrogens is 4. The highest BCUT2D eigenvalue weighted by atomic mass is 32.1. The SMILES string of the molecule is Cc1c(Oc2ccc(CC(F)(F)CN3CCN(c4ccc5c(C6CCC(=O)NC6=O)nn(C)c5c4)CC3)cc2)cccc1-c1c(C(C)(C)C)cc(N2CCc3cccc(C(=O)Nc4nc5ccccc5s4)c3C2)nc1C(=O)O. The second-order valence-corrected chi connectivity index (χ2v) is 22.6. The van der Waals surface area contributed by atoms with Gasteiger partial charge in [-0.05, 0) is 119 Å². The summed E-state index contributed by atoms with van der Waals surface area (Å²) in [6.45, 7) is 10.5. The Bertz CT molecular complexity index is 3640. The minimum Gasteiger partial charge on any atom is -0.476 e. The number of thiazole rings is 1. The van der Waals surface area contributed by atoms with Gasteiger partial charge in [0.05, 0.1) is 33.9 Å². The zero-order valence-corrected chi connectivity index (χ0v) is 44.8. The number of aromatic carboxylic acids is 1. The Morgan fingerprint density at radius 3 is 2.38 bits per heavy atom. The van der Waals surface area contributed by atoms with Gasteiger partial charge in [0.15, 0.2) is 10.8 Å². The summed E-state index contributed by atoms with van der Waals surface area (Å²) in [5, 5.41) is 22.3. The fraction of sp³-hybridized carbons (Fsp3) is 0.317. The third kappa shape index (κ3) is 10.5. The Labute approximate surface area is 453 Å². The quantitative estimate of drug-likeness (QED) is 0.0934. The Kier molecular flexibility index (Phi) is 13.8. The lowest BCUT2D eigenvalue weighted by Gasteiger charge is -2.37. The number of piperazine rings is 1. The van der Waals surface area contributed by atoms with Crippen molar-refractivity contribution in [2.45, 2.75) is 77.2 Å². The van der Waals surface area contributed by atoms with Crippen LogP contribution in [0.25, 0.3) is 32.2 Å². The van der Waals surface area contributed by atoms with Crippen molar-refractivity contribution in [1.29, 1.82) is 0 Å². The summed E-state index contributed by atoms with van der Waals surface area (Å²) >= 11 is 1.41. The average molecular weight is 1070 g/mol. The summed E-state index contributed by atoms with van der Waals surface area (Å²) < 4.78 is 40.7. The third-order valence-corrected chi connectivity index (χ3v) is 16.1. The number of nitrogens with zero attached hydrogens (tertiary/aromatic N) is 7. The molecule has 0 aliphatic carbocycles. The zero-order valence-electron chi connectivity index (χ0n) is 44.0. The maximum Gasteiger partial charge on any atom is 0.355 e. The van der Waals surface area contributed by atoms with Crippen LogP contribution in [0.15, 0.2) is 109 Å². The molecule has 1 atom stereocenters. The number of nitrogens with one attached hydrogen (secondary N) is 2. The standard InChI is InChI=1S/C60H59F2N9O6S/c1-35-40(52-45(59(2,3)4)31-50(64-54(52)57(75)76)71-25-24-37-10-8-12-41(44(37)33-71)55(73)66-58-63-46-13-6-7-15-49(46)78-58)11-9-14-48(35)77-39-19-16-36(17-20-39)32-60(61,62)34-69-26-28-70(29-27-69)38-18-21-42-47(30-38)68(5)67-53(42)43-22-23-51(72)65-56(43)74/h6-21,30-31,43H,22-29,32-34H2,1-5H3,(H,75,76)(H,63,66,73)(H,65,72,74). The molecule has 3 amide bonds. The van der Waals surface area contributed by atoms with Gasteiger partial charge in [-0.1, -0.05) is 80.6 Å². The first kappa shape index (κ1) is 52.0. The van der Waals surface area contributed by atoms with Gasteiger partial charge in [-0.2, -0.15) is 5.10 Å². The number of benzene rings is 5. The Hall–Kier alpha value is -8.09. The van der Waals surface area contributed by atoms with Gasteiger partial charge in [-0.3, -0.25) is 34.6 Å². The van der Waals surface area contributed by atoms with Gasteiger partial charge >= 0.3 is 5.97 Å². The van der Waals surface area contributed by atoms with E-state index in [0.29, 0.717) is 108 Å². The molecule has 11 rings (SSSR count). The summed E-state index contributed by atoms with van der Waals surface area (Å²) in [6.07, 6.45) is 0.855. The first-order chi connectivity index (χ1) is 37.4. The van der Waals surface area contributed by atoms with Crippen molar-refractivity contribution >= 4 is 72.8 Å². The van der Waals surface area contributed by atoms with E-state index in [4.69, 9.17) is 9.72 Å². The second kappa shape index (κ2) is 20.7. The summed E-state index contributed by atoms with van der Waals surface area (Å²) in [5.74, 6) is -4.15. The van der Waals surface area contributed by atoms with Crippen LogP contribution in [0, 0.1) is 6.92 Å². The maximum absolute atomic E-state index is 15.8. The van der Waals surface area contributed by atoms with E-state index < -0.39 is 29.6 Å². The lowest BCUT2D eigenvalue weighted by Crippen LogP contribution is -2.50. The average Bonchev–Trinajstić information content (AvgIpc) is 4.13. The predicted octanol–water partition coefficient (Wildman–Crippen LogP) is 10.7. The van der Waals surface area contributed by atoms with Gasteiger partial charge in [0.1, 0.15) is 17.3 Å². The molecule has 3 N–H and O–H groups in total. The molecule has 8 aromatic rings. The summed E-state index contributed by atoms with van der Waals surface area (Å²) in [5.41, 5.74) is 8.06. The van der Waals surface area contributed by atoms with Crippen molar-refractivity contribution < 1.29 is 37.8 Å². The van der Waals surface area contributed by atoms with Gasteiger partial charge < -0.3 is 19.6 Å². The lowest BCUT2D eigenvalue weighted by atomic mass is 9.80. The highest BCUT2D eigenvalue weighted by Gasteiger charge is 2.36. The highest BCUT2D eigenvalue weighted by molar-refractivity contribution is 7.22. The van der Waals surface area contributed by atoms with Crippen LogP contribution >= 0.6 is 11.3 Å². The number of piperidine rings is 1. The number of fused-ring (bicyclic) bond motifs is 3. The number of carbonyl (C=O) groups excluding carboxylic acids is 3. The van der Waals surface area contributed by atoms with Gasteiger partial charge in [-0.25, -0.2) is 23.5 Å². The summed E-state index contributed by atoms with van der Waals surface area (Å²) in [4.78, 5) is 67.0. The Morgan fingerprint density at radius 1 is 0.872 bits per heavy atom. The smallest absolute Gasteiger partial charge is 0.355 e. The van der Waals surface area contributed by atoms with Crippen molar-refractivity contribution in [3.63, 3.8) is 0 Å². The topological polar surface area (TPSA) is 175 Å². The van der Waals surface area contributed by atoms with Crippen molar-refractivity contribution in [2.24, 2.45) is 7.05 Å². The molecule has 2 fully saturated rings. The van der Waals surface area contributed by atoms with Crippen molar-refractivity contribution in [3.05, 3.63) is 154 Å². The molecule has 0 saturated carbocycles.